The molecule has 6 rings (SSSR count). The molecule has 2 aliphatic rings. The Kier molecular flexibility index (Phi) is 13.9. The van der Waals surface area contributed by atoms with E-state index in [-0.39, 0.29) is 17.4 Å². The Bertz CT molecular complexity index is 1660. The van der Waals surface area contributed by atoms with Crippen LogP contribution in [0.3, 0.4) is 0 Å². The molecule has 0 saturated carbocycles. The fraction of sp³-hybridized carbons (Fsp3) is 0.395. The molecule has 0 bridgehead atoms. The van der Waals surface area contributed by atoms with Gasteiger partial charge in [-0.1, -0.05) is 83.4 Å². The fourth-order valence-corrected chi connectivity index (χ4v) is 5.47. The monoisotopic (exact) mass is 726 g/mol. The summed E-state index contributed by atoms with van der Waals surface area (Å²) in [6.45, 7) is 14.5. The maximum Gasteiger partial charge on any atom is 0.358 e. The fourth-order valence-electron chi connectivity index (χ4n) is 5.06. The second-order valence-electron chi connectivity index (χ2n) is 12.7. The Balaban J connectivity index is 0.000000198. The van der Waals surface area contributed by atoms with E-state index in [1.165, 1.54) is 5.56 Å². The third-order valence-corrected chi connectivity index (χ3v) is 8.41. The average Bonchev–Trinajstić information content (AvgIpc) is 3.60. The first-order valence-corrected chi connectivity index (χ1v) is 17.2. The lowest BCUT2D eigenvalue weighted by molar-refractivity contribution is -0.150. The smallest absolute Gasteiger partial charge is 0.358 e. The van der Waals surface area contributed by atoms with E-state index >= 15 is 0 Å². The highest BCUT2D eigenvalue weighted by Crippen LogP contribution is 2.34. The third-order valence-electron chi connectivity index (χ3n) is 7.44. The molecular weight excluding hydrogens is 683 g/mol. The van der Waals surface area contributed by atoms with Crippen molar-refractivity contribution in [1.29, 1.82) is 0 Å². The number of hydrogen-bond donors (Lipinski definition) is 0. The summed E-state index contributed by atoms with van der Waals surface area (Å²) in [5, 5.41) is 1.01. The van der Waals surface area contributed by atoms with Gasteiger partial charge >= 0.3 is 5.24 Å². The average molecular weight is 728 g/mol. The molecule has 0 radical (unpaired) electrons. The minimum atomic E-state index is -0.691. The first-order chi connectivity index (χ1) is 23.2. The number of aryl methyl sites for hydroxylation is 3. The molecule has 262 valence electrons. The van der Waals surface area contributed by atoms with Crippen molar-refractivity contribution in [2.24, 2.45) is 0 Å². The molecule has 2 aliphatic heterocycles. The van der Waals surface area contributed by atoms with Crippen LogP contribution in [0.15, 0.2) is 85.2 Å². The lowest BCUT2D eigenvalue weighted by Gasteiger charge is -2.25. The van der Waals surface area contributed by atoms with Crippen molar-refractivity contribution >= 4 is 40.7 Å². The van der Waals surface area contributed by atoms with Crippen molar-refractivity contribution < 1.29 is 28.4 Å². The van der Waals surface area contributed by atoms with Gasteiger partial charge in [-0.05, 0) is 83.4 Å². The van der Waals surface area contributed by atoms with Crippen LogP contribution in [0.2, 0.25) is 10.3 Å². The van der Waals surface area contributed by atoms with Gasteiger partial charge in [0.05, 0.1) is 19.3 Å². The summed E-state index contributed by atoms with van der Waals surface area (Å²) >= 11 is 17.2. The number of pyridine rings is 2. The Morgan fingerprint density at radius 3 is 1.90 bits per heavy atom. The van der Waals surface area contributed by atoms with Gasteiger partial charge in [0.15, 0.2) is 17.7 Å². The van der Waals surface area contributed by atoms with Gasteiger partial charge in [-0.25, -0.2) is 9.97 Å². The molecule has 49 heavy (non-hydrogen) atoms. The van der Waals surface area contributed by atoms with Gasteiger partial charge in [0.2, 0.25) is 0 Å². The van der Waals surface area contributed by atoms with Crippen LogP contribution in [0.4, 0.5) is 0 Å². The number of hydrogen-bond acceptors (Lipinski definition) is 9. The lowest BCUT2D eigenvalue weighted by Crippen LogP contribution is -2.29. The van der Waals surface area contributed by atoms with Gasteiger partial charge in [-0.15, -0.1) is 0 Å². The Labute approximate surface area is 305 Å². The van der Waals surface area contributed by atoms with Crippen LogP contribution in [0.5, 0.6) is 5.75 Å². The van der Waals surface area contributed by atoms with Crippen molar-refractivity contribution in [3.8, 4) is 5.75 Å². The summed E-state index contributed by atoms with van der Waals surface area (Å²) in [6, 6.07) is 23.4. The summed E-state index contributed by atoms with van der Waals surface area (Å²) in [4.78, 5) is 8.33. The molecule has 4 aromatic rings. The zero-order chi connectivity index (χ0) is 35.6. The quantitative estimate of drug-likeness (QED) is 0.143. The first-order valence-electron chi connectivity index (χ1n) is 16.0. The summed E-state index contributed by atoms with van der Waals surface area (Å²) in [6.07, 6.45) is 3.48. The van der Waals surface area contributed by atoms with E-state index in [0.29, 0.717) is 29.3 Å². The predicted octanol–water partition coefficient (Wildman–Crippen LogP) is 9.35. The SMILES string of the molecule is Cc1cc(C(OC(=S)Oc2ccccc2)[C@@H]2COC(C)(C)O2)cnc1Cl.Cc1cc(C[C@@H]2COC(C)(C)O2)cnc1Cl.Cc1ccccc1. The molecule has 2 aromatic heterocycles. The molecule has 2 aromatic carbocycles. The molecule has 0 N–H and O–H groups in total. The van der Waals surface area contributed by atoms with Gasteiger partial charge in [-0.2, -0.15) is 0 Å². The van der Waals surface area contributed by atoms with Gasteiger partial charge in [0, 0.05) is 36.6 Å². The van der Waals surface area contributed by atoms with Gasteiger partial charge in [0.25, 0.3) is 0 Å². The number of ether oxygens (including phenoxy) is 6. The molecule has 0 aliphatic carbocycles. The van der Waals surface area contributed by atoms with E-state index < -0.39 is 17.7 Å². The second kappa shape index (κ2) is 17.7. The topological polar surface area (TPSA) is 81.2 Å². The summed E-state index contributed by atoms with van der Waals surface area (Å²) < 4.78 is 34.4. The minimum Gasteiger partial charge on any atom is -0.445 e. The Morgan fingerprint density at radius 1 is 0.816 bits per heavy atom. The van der Waals surface area contributed by atoms with Gasteiger partial charge < -0.3 is 28.4 Å². The summed E-state index contributed by atoms with van der Waals surface area (Å²) in [5.74, 6) is -0.548. The van der Waals surface area contributed by atoms with Crippen LogP contribution in [-0.2, 0) is 30.1 Å². The zero-order valence-electron chi connectivity index (χ0n) is 28.9. The van der Waals surface area contributed by atoms with Crippen molar-refractivity contribution in [2.45, 2.75) is 84.8 Å². The van der Waals surface area contributed by atoms with Gasteiger partial charge in [-0.3, -0.25) is 0 Å². The molecular formula is C38H44Cl2N2O6S. The first kappa shape index (κ1) is 38.6. The molecule has 1 unspecified atom stereocenters. The second-order valence-corrected chi connectivity index (χ2v) is 13.8. The highest BCUT2D eigenvalue weighted by Gasteiger charge is 2.40. The van der Waals surface area contributed by atoms with E-state index in [4.69, 9.17) is 63.8 Å². The van der Waals surface area contributed by atoms with Crippen LogP contribution in [0, 0.1) is 20.8 Å². The Morgan fingerprint density at radius 2 is 1.39 bits per heavy atom. The molecule has 0 amide bonds. The molecule has 2 fully saturated rings. The maximum absolute atomic E-state index is 6.05. The van der Waals surface area contributed by atoms with Crippen molar-refractivity contribution in [2.75, 3.05) is 13.2 Å². The summed E-state index contributed by atoms with van der Waals surface area (Å²) in [5.41, 5.74) is 5.08. The number of rotatable bonds is 6. The standard InChI is InChI=1S/C19H20ClNO4S.C12H16ClNO2.C7H8/c1-12-9-13(10-21-17(12)20)16(15-11-22-19(2,3)25-15)24-18(26)23-14-7-5-4-6-8-14;1-8-4-9(6-14-11(8)13)5-10-7-15-12(2,3)16-10;1-7-5-3-2-4-6-7/h4-10,15-16H,11H2,1-3H3;4,6,10H,5,7H2,1-3H3;2-6H,1H3/t15-,16?;10-;/m01./s1. The van der Waals surface area contributed by atoms with E-state index in [0.717, 1.165) is 28.7 Å². The van der Waals surface area contributed by atoms with Gasteiger partial charge in [0.1, 0.15) is 22.2 Å². The number of nitrogens with zero attached hydrogens (tertiary/aromatic N) is 2. The number of halogens is 2. The molecule has 4 heterocycles. The van der Waals surface area contributed by atoms with Crippen molar-refractivity contribution in [1.82, 2.24) is 9.97 Å². The minimum absolute atomic E-state index is 0.00195. The molecule has 2 saturated heterocycles. The van der Waals surface area contributed by atoms with E-state index in [1.807, 2.05) is 90.1 Å². The Hall–Kier alpha value is -3.15. The zero-order valence-corrected chi connectivity index (χ0v) is 31.3. The largest absolute Gasteiger partial charge is 0.445 e. The van der Waals surface area contributed by atoms with E-state index in [1.54, 1.807) is 24.5 Å². The van der Waals surface area contributed by atoms with E-state index in [9.17, 15) is 0 Å². The highest BCUT2D eigenvalue weighted by atomic mass is 35.5. The predicted molar refractivity (Wildman–Crippen MR) is 196 cm³/mol. The van der Waals surface area contributed by atoms with Crippen LogP contribution in [0.1, 0.15) is 61.6 Å². The number of para-hydroxylation sites is 1. The lowest BCUT2D eigenvalue weighted by atomic mass is 10.1. The van der Waals surface area contributed by atoms with Crippen molar-refractivity contribution in [3.05, 3.63) is 123 Å². The van der Waals surface area contributed by atoms with Crippen LogP contribution < -0.4 is 4.74 Å². The van der Waals surface area contributed by atoms with Crippen LogP contribution in [-0.4, -0.2) is 52.2 Å². The summed E-state index contributed by atoms with van der Waals surface area (Å²) in [7, 11) is 0. The number of aromatic nitrogens is 2. The van der Waals surface area contributed by atoms with Crippen LogP contribution >= 0.6 is 35.4 Å². The highest BCUT2D eigenvalue weighted by molar-refractivity contribution is 7.79. The molecule has 11 heteroatoms. The van der Waals surface area contributed by atoms with Crippen molar-refractivity contribution in [3.63, 3.8) is 0 Å². The molecule has 3 atom stereocenters. The third kappa shape index (κ3) is 12.6. The number of benzene rings is 2. The molecule has 8 nitrogen and oxygen atoms in total. The maximum atomic E-state index is 6.05. The van der Waals surface area contributed by atoms with E-state index in [2.05, 4.69) is 29.0 Å². The number of thiocarbonyl (C=S) groups is 1. The normalized spacial score (nSPS) is 19.4. The molecule has 0 spiro atoms. The van der Waals surface area contributed by atoms with Crippen LogP contribution in [0.25, 0.3) is 0 Å².